The molecule has 0 aliphatic heterocycles. The van der Waals surface area contributed by atoms with Crippen LogP contribution in [0.15, 0.2) is 0 Å². The third kappa shape index (κ3) is 1.46. The summed E-state index contributed by atoms with van der Waals surface area (Å²) in [6.45, 7) is 4.72. The van der Waals surface area contributed by atoms with Crippen molar-refractivity contribution in [2.45, 2.75) is 58.8 Å². The molecule has 4 aliphatic carbocycles. The Bertz CT molecular complexity index is 468. The number of rotatable bonds is 2. The average Bonchev–Trinajstić information content (AvgIpc) is 3.06. The number of ketones is 2. The van der Waals surface area contributed by atoms with E-state index in [4.69, 9.17) is 0 Å². The number of carbonyl (C=O) groups excluding carboxylic acids is 2. The van der Waals surface area contributed by atoms with Gasteiger partial charge in [-0.2, -0.15) is 0 Å². The Hall–Kier alpha value is -0.660. The maximum atomic E-state index is 12.5. The zero-order valence-corrected chi connectivity index (χ0v) is 12.7. The summed E-state index contributed by atoms with van der Waals surface area (Å²) in [5.74, 6) is 5.13. The molecule has 0 radical (unpaired) electrons. The lowest BCUT2D eigenvalue weighted by atomic mass is 9.61. The van der Waals surface area contributed by atoms with Crippen LogP contribution in [0.4, 0.5) is 0 Å². The van der Waals surface area contributed by atoms with Crippen LogP contribution >= 0.6 is 0 Å². The first kappa shape index (κ1) is 13.0. The third-order valence-electron chi connectivity index (χ3n) is 7.31. The minimum Gasteiger partial charge on any atom is -0.299 e. The minimum atomic E-state index is -0.195. The average molecular weight is 274 g/mol. The van der Waals surface area contributed by atoms with Crippen LogP contribution in [-0.4, -0.2) is 11.6 Å². The highest BCUT2D eigenvalue weighted by atomic mass is 16.2. The first-order valence-electron chi connectivity index (χ1n) is 8.62. The van der Waals surface area contributed by atoms with Gasteiger partial charge in [-0.1, -0.05) is 26.7 Å². The molecular weight excluding hydrogens is 248 g/mol. The molecule has 0 heterocycles. The quantitative estimate of drug-likeness (QED) is 0.721. The van der Waals surface area contributed by atoms with Crippen molar-refractivity contribution in [1.29, 1.82) is 0 Å². The first-order valence-corrected chi connectivity index (χ1v) is 8.62. The van der Waals surface area contributed by atoms with E-state index in [1.807, 2.05) is 0 Å². The molecule has 7 atom stereocenters. The van der Waals surface area contributed by atoms with Crippen LogP contribution in [0.5, 0.6) is 0 Å². The van der Waals surface area contributed by atoms with Crippen LogP contribution in [0.2, 0.25) is 0 Å². The van der Waals surface area contributed by atoms with E-state index in [-0.39, 0.29) is 17.6 Å². The van der Waals surface area contributed by atoms with Crippen molar-refractivity contribution in [3.63, 3.8) is 0 Å². The van der Waals surface area contributed by atoms with Crippen LogP contribution in [0.1, 0.15) is 58.8 Å². The van der Waals surface area contributed by atoms with Crippen molar-refractivity contribution < 1.29 is 9.59 Å². The van der Waals surface area contributed by atoms with Gasteiger partial charge in [-0.25, -0.2) is 0 Å². The topological polar surface area (TPSA) is 34.1 Å². The lowest BCUT2D eigenvalue weighted by Crippen LogP contribution is -2.41. The summed E-state index contributed by atoms with van der Waals surface area (Å²) < 4.78 is 0. The van der Waals surface area contributed by atoms with Crippen LogP contribution < -0.4 is 0 Å². The molecule has 2 nitrogen and oxygen atoms in total. The monoisotopic (exact) mass is 274 g/mol. The molecule has 0 aromatic heterocycles. The van der Waals surface area contributed by atoms with Gasteiger partial charge >= 0.3 is 0 Å². The number of hydrogen-bond donors (Lipinski definition) is 0. The van der Waals surface area contributed by atoms with Crippen LogP contribution in [0.3, 0.4) is 0 Å². The van der Waals surface area contributed by atoms with Crippen molar-refractivity contribution in [3.8, 4) is 0 Å². The standard InChI is InChI=1S/C18H26O2/c1-3-4-11-5-10(2)16-12-6-14(17(11)16)18(8-12)9-13(19)7-15(18)20/h10-12,14,16-17H,3-9H2,1-2H3. The van der Waals surface area contributed by atoms with Gasteiger partial charge in [-0.05, 0) is 54.8 Å². The molecule has 0 saturated heterocycles. The fraction of sp³-hybridized carbons (Fsp3) is 0.889. The van der Waals surface area contributed by atoms with Gasteiger partial charge in [0.15, 0.2) is 0 Å². The predicted molar refractivity (Wildman–Crippen MR) is 77.1 cm³/mol. The maximum Gasteiger partial charge on any atom is 0.147 e. The Kier molecular flexibility index (Phi) is 2.72. The Morgan fingerprint density at radius 2 is 2.00 bits per heavy atom. The van der Waals surface area contributed by atoms with E-state index in [9.17, 15) is 9.59 Å². The van der Waals surface area contributed by atoms with E-state index >= 15 is 0 Å². The molecule has 0 N–H and O–H groups in total. The zero-order chi connectivity index (χ0) is 14.1. The summed E-state index contributed by atoms with van der Waals surface area (Å²) in [5.41, 5.74) is -0.195. The Balaban J connectivity index is 1.68. The molecule has 4 aliphatic rings. The van der Waals surface area contributed by atoms with Crippen molar-refractivity contribution in [2.75, 3.05) is 0 Å². The Morgan fingerprint density at radius 1 is 1.20 bits per heavy atom. The van der Waals surface area contributed by atoms with Gasteiger partial charge in [0.25, 0.3) is 0 Å². The molecule has 0 amide bonds. The summed E-state index contributed by atoms with van der Waals surface area (Å²) in [7, 11) is 0. The molecule has 1 spiro atoms. The molecule has 110 valence electrons. The fourth-order valence-electron chi connectivity index (χ4n) is 7.01. The highest BCUT2D eigenvalue weighted by Crippen LogP contribution is 2.71. The number of carbonyl (C=O) groups is 2. The normalized spacial score (nSPS) is 53.3. The van der Waals surface area contributed by atoms with Crippen LogP contribution in [0.25, 0.3) is 0 Å². The van der Waals surface area contributed by atoms with Crippen molar-refractivity contribution >= 4 is 11.6 Å². The molecular formula is C18H26O2. The summed E-state index contributed by atoms with van der Waals surface area (Å²) in [6.07, 6.45) is 7.09. The molecule has 4 fully saturated rings. The van der Waals surface area contributed by atoms with E-state index in [0.29, 0.717) is 18.1 Å². The van der Waals surface area contributed by atoms with Crippen molar-refractivity contribution in [2.24, 2.45) is 40.9 Å². The van der Waals surface area contributed by atoms with Crippen LogP contribution in [-0.2, 0) is 9.59 Å². The molecule has 4 saturated carbocycles. The lowest BCUT2D eigenvalue weighted by molar-refractivity contribution is -0.130. The maximum absolute atomic E-state index is 12.5. The van der Waals surface area contributed by atoms with Crippen molar-refractivity contribution in [3.05, 3.63) is 0 Å². The Labute approximate surface area is 121 Å². The van der Waals surface area contributed by atoms with Gasteiger partial charge in [-0.15, -0.1) is 0 Å². The van der Waals surface area contributed by atoms with Crippen LogP contribution in [0, 0.1) is 40.9 Å². The highest BCUT2D eigenvalue weighted by Gasteiger charge is 2.68. The second-order valence-corrected chi connectivity index (χ2v) is 8.19. The van der Waals surface area contributed by atoms with E-state index in [2.05, 4.69) is 13.8 Å². The molecule has 2 bridgehead atoms. The number of fused-ring (bicyclic) bond motifs is 6. The van der Waals surface area contributed by atoms with Crippen molar-refractivity contribution in [1.82, 2.24) is 0 Å². The van der Waals surface area contributed by atoms with Gasteiger partial charge in [-0.3, -0.25) is 9.59 Å². The van der Waals surface area contributed by atoms with Gasteiger partial charge in [0.05, 0.1) is 6.42 Å². The second kappa shape index (κ2) is 4.18. The number of hydrogen-bond acceptors (Lipinski definition) is 2. The summed E-state index contributed by atoms with van der Waals surface area (Å²) in [5, 5.41) is 0. The summed E-state index contributed by atoms with van der Waals surface area (Å²) >= 11 is 0. The molecule has 0 aromatic rings. The van der Waals surface area contributed by atoms with Gasteiger partial charge < -0.3 is 0 Å². The summed E-state index contributed by atoms with van der Waals surface area (Å²) in [4.78, 5) is 24.3. The fourth-order valence-corrected chi connectivity index (χ4v) is 7.01. The molecule has 7 unspecified atom stereocenters. The van der Waals surface area contributed by atoms with Gasteiger partial charge in [0.1, 0.15) is 11.6 Å². The van der Waals surface area contributed by atoms with E-state index < -0.39 is 0 Å². The molecule has 2 heteroatoms. The molecule has 4 rings (SSSR count). The smallest absolute Gasteiger partial charge is 0.147 e. The second-order valence-electron chi connectivity index (χ2n) is 8.19. The van der Waals surface area contributed by atoms with E-state index in [1.165, 1.54) is 25.7 Å². The van der Waals surface area contributed by atoms with Gasteiger partial charge in [0, 0.05) is 11.8 Å². The molecule has 0 aromatic carbocycles. The summed E-state index contributed by atoms with van der Waals surface area (Å²) in [6, 6.07) is 0. The third-order valence-corrected chi connectivity index (χ3v) is 7.31. The SMILES string of the molecule is CCCC1CC(C)C2C3CC(C12)C1(CC(=O)CC1=O)C3. The van der Waals surface area contributed by atoms with E-state index in [0.717, 1.165) is 36.0 Å². The first-order chi connectivity index (χ1) is 9.56. The lowest BCUT2D eigenvalue weighted by Gasteiger charge is -2.41. The van der Waals surface area contributed by atoms with E-state index in [1.54, 1.807) is 0 Å². The largest absolute Gasteiger partial charge is 0.299 e. The Morgan fingerprint density at radius 3 is 2.65 bits per heavy atom. The highest BCUT2D eigenvalue weighted by molar-refractivity contribution is 6.09. The zero-order valence-electron chi connectivity index (χ0n) is 12.7. The number of Topliss-reactive ketones (excluding diaryl/α,β-unsaturated/α-hetero) is 2. The minimum absolute atomic E-state index is 0.195. The molecule has 20 heavy (non-hydrogen) atoms. The predicted octanol–water partition coefficient (Wildman–Crippen LogP) is 3.63. The van der Waals surface area contributed by atoms with Gasteiger partial charge in [0.2, 0.25) is 0 Å².